The zero-order valence-electron chi connectivity index (χ0n) is 1.12. The molecule has 4 heavy (non-hydrogen) atoms. The molecule has 0 bridgehead atoms. The van der Waals surface area contributed by atoms with Crippen molar-refractivity contribution in [2.24, 2.45) is 0 Å². The Hall–Kier alpha value is 2.11. The van der Waals surface area contributed by atoms with Crippen molar-refractivity contribution in [3.63, 3.8) is 0 Å². The second-order valence-electron chi connectivity index (χ2n) is 0. The summed E-state index contributed by atoms with van der Waals surface area (Å²) in [5.41, 5.74) is 0. The predicted molar refractivity (Wildman–Crippen MR) is 24.9 cm³/mol. The Balaban J connectivity index is -0.00000000500. The first-order chi connectivity index (χ1) is 1.00. The van der Waals surface area contributed by atoms with Gasteiger partial charge in [-0.15, -0.1) is 0 Å². The van der Waals surface area contributed by atoms with Crippen LogP contribution in [-0.4, -0.2) is 69.1 Å². The van der Waals surface area contributed by atoms with Gasteiger partial charge in [-0.05, 0) is 0 Å². The molecule has 0 saturated carbocycles. The molecule has 0 aliphatic heterocycles. The van der Waals surface area contributed by atoms with E-state index >= 15 is 0 Å². The van der Waals surface area contributed by atoms with Crippen LogP contribution in [0.1, 0.15) is 0 Å². The Morgan fingerprint density at radius 1 is 1.25 bits per heavy atom. The molecule has 0 N–H and O–H groups in total. The predicted octanol–water partition coefficient (Wildman–Crippen LogP) is -2.60. The number of hydrogen-bond donors (Lipinski definition) is 0. The molecule has 0 aromatic heterocycles. The van der Waals surface area contributed by atoms with Gasteiger partial charge in [-0.25, -0.2) is 0 Å². The van der Waals surface area contributed by atoms with E-state index < -0.39 is 0 Å². The maximum absolute atomic E-state index is 8.38. The maximum atomic E-state index is 8.38. The molecule has 0 unspecified atom stereocenters. The van der Waals surface area contributed by atoms with Crippen molar-refractivity contribution in [2.75, 3.05) is 0 Å². The molecule has 0 aliphatic carbocycles. The summed E-state index contributed by atoms with van der Waals surface area (Å²) >= 11 is 0.125. The van der Waals surface area contributed by atoms with Gasteiger partial charge in [0.25, 0.3) is 0 Å². The summed E-state index contributed by atoms with van der Waals surface area (Å²) in [4.78, 5) is 0. The van der Waals surface area contributed by atoms with Crippen LogP contribution in [0.5, 0.6) is 0 Å². The van der Waals surface area contributed by atoms with Crippen LogP contribution >= 0.6 is 0 Å². The molecule has 0 aliphatic rings. The summed E-state index contributed by atoms with van der Waals surface area (Å²) in [7, 11) is 0. The second-order valence-corrected chi connectivity index (χ2v) is 0. The molecule has 0 saturated heterocycles. The van der Waals surface area contributed by atoms with E-state index in [2.05, 4.69) is 0 Å². The van der Waals surface area contributed by atoms with Crippen LogP contribution in [0.15, 0.2) is 0 Å². The minimum atomic E-state index is 0. The van der Waals surface area contributed by atoms with Gasteiger partial charge in [0.2, 0.25) is 0 Å². The van der Waals surface area contributed by atoms with Crippen LogP contribution in [-0.2, 0) is 3.78 Å². The third-order valence-corrected chi connectivity index (χ3v) is 0. The van der Waals surface area contributed by atoms with Gasteiger partial charge in [-0.3, -0.25) is 0 Å². The van der Waals surface area contributed by atoms with Crippen LogP contribution < -0.4 is 0 Å². The van der Waals surface area contributed by atoms with Crippen LogP contribution in [0.2, 0.25) is 0 Å². The van der Waals surface area contributed by atoms with Gasteiger partial charge >= 0.3 is 72.8 Å². The molecule has 0 fully saturated rings. The van der Waals surface area contributed by atoms with Crippen LogP contribution in [0.3, 0.4) is 0 Å². The Morgan fingerprint density at radius 3 is 1.25 bits per heavy atom. The SMILES string of the molecule is [MgH2].[NaH].[O]=[GeH2]. The monoisotopic (exact) mass is 142 g/mol. The summed E-state index contributed by atoms with van der Waals surface area (Å²) in [6, 6.07) is 0. The summed E-state index contributed by atoms with van der Waals surface area (Å²) in [5, 5.41) is 0. The Morgan fingerprint density at radius 2 is 1.25 bits per heavy atom. The summed E-state index contributed by atoms with van der Waals surface area (Å²) in [6.07, 6.45) is 0. The van der Waals surface area contributed by atoms with Crippen molar-refractivity contribution in [2.45, 2.75) is 0 Å². The van der Waals surface area contributed by atoms with E-state index in [1.54, 1.807) is 0 Å². The van der Waals surface area contributed by atoms with Gasteiger partial charge in [0, 0.05) is 0 Å². The molecule has 0 aromatic carbocycles. The molecule has 18 valence electrons. The van der Waals surface area contributed by atoms with Crippen molar-refractivity contribution in [3.8, 4) is 0 Å². The van der Waals surface area contributed by atoms with Crippen molar-refractivity contribution in [1.82, 2.24) is 0 Å². The van der Waals surface area contributed by atoms with E-state index in [-0.39, 0.29) is 69.1 Å². The van der Waals surface area contributed by atoms with Gasteiger partial charge in [-0.1, -0.05) is 0 Å². The van der Waals surface area contributed by atoms with Gasteiger partial charge in [0.15, 0.2) is 0 Å². The van der Waals surface area contributed by atoms with Crippen LogP contribution in [0.25, 0.3) is 0 Å². The Labute approximate surface area is 71.8 Å². The van der Waals surface area contributed by atoms with Crippen molar-refractivity contribution in [3.05, 3.63) is 0 Å². The Kier molecular flexibility index (Phi) is 80.0. The van der Waals surface area contributed by atoms with Crippen molar-refractivity contribution < 1.29 is 3.78 Å². The molecular weight excluding hydrogens is 136 g/mol. The second kappa shape index (κ2) is 19.4. The average molecular weight is 141 g/mol. The first-order valence-corrected chi connectivity index (χ1v) is 1.50. The number of hydrogen-bond acceptors (Lipinski definition) is 1. The average Bonchev–Trinajstić information content (AvgIpc) is 1.00. The summed E-state index contributed by atoms with van der Waals surface area (Å²) in [5.74, 6) is 0. The third-order valence-electron chi connectivity index (χ3n) is 0. The Bertz CT molecular complexity index is 8.00. The molecule has 0 amide bonds. The van der Waals surface area contributed by atoms with E-state index in [0.717, 1.165) is 0 Å². The first-order valence-electron chi connectivity index (χ1n) is 0.289. The van der Waals surface area contributed by atoms with Gasteiger partial charge in [0.1, 0.15) is 0 Å². The van der Waals surface area contributed by atoms with Gasteiger partial charge < -0.3 is 0 Å². The van der Waals surface area contributed by atoms with Crippen molar-refractivity contribution in [1.29, 1.82) is 0 Å². The molecule has 1 nitrogen and oxygen atoms in total. The zero-order valence-corrected chi connectivity index (χ0v) is 4.08. The van der Waals surface area contributed by atoms with Gasteiger partial charge in [-0.2, -0.15) is 0 Å². The molecule has 0 rings (SSSR count). The molecular formula is H5GeMgNaO. The van der Waals surface area contributed by atoms with E-state index in [9.17, 15) is 0 Å². The van der Waals surface area contributed by atoms with Crippen LogP contribution in [0.4, 0.5) is 0 Å². The summed E-state index contributed by atoms with van der Waals surface area (Å²) in [6.45, 7) is 0. The normalized spacial score (nSPS) is 1.00. The zero-order chi connectivity index (χ0) is 2.00. The molecule has 0 atom stereocenters. The molecule has 0 radical (unpaired) electrons. The van der Waals surface area contributed by atoms with E-state index in [4.69, 9.17) is 3.78 Å². The molecule has 0 spiro atoms. The van der Waals surface area contributed by atoms with Crippen molar-refractivity contribution >= 4 is 69.1 Å². The number of rotatable bonds is 0. The minimum absolute atomic E-state index is 0. The topological polar surface area (TPSA) is 17.1 Å². The molecule has 4 heteroatoms. The van der Waals surface area contributed by atoms with E-state index in [1.165, 1.54) is 0 Å². The quantitative estimate of drug-likeness (QED) is 0.338. The fourth-order valence-electron chi connectivity index (χ4n) is 0. The fraction of sp³-hybridized carbons (Fsp3) is 0. The molecule has 0 aromatic rings. The van der Waals surface area contributed by atoms with Gasteiger partial charge in [0.05, 0.1) is 0 Å². The first kappa shape index (κ1) is 16.5. The van der Waals surface area contributed by atoms with Crippen LogP contribution in [0, 0.1) is 0 Å². The van der Waals surface area contributed by atoms with E-state index in [1.807, 2.05) is 0 Å². The standard InChI is InChI=1S/GeH2O.Mg.Na.3H/c1-2;;;;;/h1H2;;;;;. The third kappa shape index (κ3) is 8.93. The summed E-state index contributed by atoms with van der Waals surface area (Å²) < 4.78 is 8.38. The fourth-order valence-corrected chi connectivity index (χ4v) is 0. The molecule has 0 heterocycles. The van der Waals surface area contributed by atoms with E-state index in [0.29, 0.717) is 0 Å².